The first-order valence-electron chi connectivity index (χ1n) is 7.41. The average Bonchev–Trinajstić information content (AvgIpc) is 3.03. The van der Waals surface area contributed by atoms with Crippen LogP contribution in [0.25, 0.3) is 0 Å². The zero-order valence-electron chi connectivity index (χ0n) is 12.9. The van der Waals surface area contributed by atoms with Gasteiger partial charge in [-0.15, -0.1) is 0 Å². The Morgan fingerprint density at radius 1 is 1.38 bits per heavy atom. The van der Waals surface area contributed by atoms with Crippen LogP contribution in [0.4, 0.5) is 0 Å². The molecule has 1 fully saturated rings. The molecule has 5 nitrogen and oxygen atoms in total. The molecule has 1 amide bonds. The number of hydrogen-bond acceptors (Lipinski definition) is 4. The van der Waals surface area contributed by atoms with Crippen molar-refractivity contribution in [2.24, 2.45) is 0 Å². The maximum atomic E-state index is 12.3. The molecule has 0 bridgehead atoms. The van der Waals surface area contributed by atoms with E-state index in [0.29, 0.717) is 0 Å². The molecule has 2 heterocycles. The average molecular weight is 293 g/mol. The maximum absolute atomic E-state index is 12.3. The van der Waals surface area contributed by atoms with E-state index < -0.39 is 5.60 Å². The molecule has 1 unspecified atom stereocenters. The van der Waals surface area contributed by atoms with Crippen molar-refractivity contribution in [3.8, 4) is 0 Å². The van der Waals surface area contributed by atoms with Gasteiger partial charge in [-0.05, 0) is 45.7 Å². The van der Waals surface area contributed by atoms with Gasteiger partial charge in [0, 0.05) is 13.0 Å². The molecule has 1 aliphatic heterocycles. The summed E-state index contributed by atoms with van der Waals surface area (Å²) in [5, 5.41) is 0. The van der Waals surface area contributed by atoms with E-state index in [4.69, 9.17) is 9.15 Å². The summed E-state index contributed by atoms with van der Waals surface area (Å²) in [6.07, 6.45) is 3.80. The Morgan fingerprint density at radius 2 is 2.14 bits per heavy atom. The molecule has 2 rings (SSSR count). The second-order valence-electron chi connectivity index (χ2n) is 6.35. The first-order valence-corrected chi connectivity index (χ1v) is 7.41. The highest BCUT2D eigenvalue weighted by Gasteiger charge is 2.31. The van der Waals surface area contributed by atoms with E-state index in [-0.39, 0.29) is 30.8 Å². The Kier molecular flexibility index (Phi) is 4.70. The van der Waals surface area contributed by atoms with Gasteiger partial charge < -0.3 is 14.1 Å². The van der Waals surface area contributed by atoms with E-state index in [1.807, 2.05) is 37.8 Å². The van der Waals surface area contributed by atoms with Gasteiger partial charge in [-0.1, -0.05) is 0 Å². The Hall–Kier alpha value is -1.78. The fraction of sp³-hybridized carbons (Fsp3) is 0.625. The molecule has 5 heteroatoms. The van der Waals surface area contributed by atoms with Crippen LogP contribution in [0.3, 0.4) is 0 Å². The number of furan rings is 1. The molecule has 1 aliphatic rings. The van der Waals surface area contributed by atoms with Gasteiger partial charge in [0.2, 0.25) is 5.91 Å². The van der Waals surface area contributed by atoms with Gasteiger partial charge >= 0.3 is 5.97 Å². The van der Waals surface area contributed by atoms with Crippen molar-refractivity contribution in [2.75, 3.05) is 6.54 Å². The summed E-state index contributed by atoms with van der Waals surface area (Å²) in [5.74, 6) is 0.475. The van der Waals surface area contributed by atoms with Crippen molar-refractivity contribution < 1.29 is 18.7 Å². The highest BCUT2D eigenvalue weighted by atomic mass is 16.6. The number of esters is 1. The number of likely N-dealkylation sites (tertiary alicyclic amines) is 1. The topological polar surface area (TPSA) is 59.8 Å². The monoisotopic (exact) mass is 293 g/mol. The SMILES string of the molecule is CC(C)(C)OC(=O)CCC(=O)N1CCCC1c1ccco1. The van der Waals surface area contributed by atoms with Crippen molar-refractivity contribution >= 4 is 11.9 Å². The lowest BCUT2D eigenvalue weighted by Gasteiger charge is -2.23. The molecular formula is C16H23NO4. The molecule has 0 radical (unpaired) electrons. The summed E-state index contributed by atoms with van der Waals surface area (Å²) in [4.78, 5) is 25.8. The lowest BCUT2D eigenvalue weighted by atomic mass is 10.1. The summed E-state index contributed by atoms with van der Waals surface area (Å²) in [6.45, 7) is 6.18. The van der Waals surface area contributed by atoms with E-state index in [2.05, 4.69) is 0 Å². The lowest BCUT2D eigenvalue weighted by Crippen LogP contribution is -2.31. The standard InChI is InChI=1S/C16H23NO4/c1-16(2,3)21-15(19)9-8-14(18)17-10-4-6-12(17)13-7-5-11-20-13/h5,7,11-12H,4,6,8-10H2,1-3H3. The fourth-order valence-corrected chi connectivity index (χ4v) is 2.59. The fourth-order valence-electron chi connectivity index (χ4n) is 2.59. The van der Waals surface area contributed by atoms with Gasteiger partial charge in [-0.3, -0.25) is 9.59 Å². The molecule has 0 saturated carbocycles. The van der Waals surface area contributed by atoms with Gasteiger partial charge in [0.05, 0.1) is 18.7 Å². The summed E-state index contributed by atoms with van der Waals surface area (Å²) in [5.41, 5.74) is -0.509. The molecule has 21 heavy (non-hydrogen) atoms. The third-order valence-electron chi connectivity index (χ3n) is 3.41. The molecule has 0 spiro atoms. The van der Waals surface area contributed by atoms with Crippen LogP contribution in [0.5, 0.6) is 0 Å². The molecule has 116 valence electrons. The Labute approximate surface area is 125 Å². The number of carbonyl (C=O) groups is 2. The zero-order chi connectivity index (χ0) is 15.5. The van der Waals surface area contributed by atoms with E-state index in [9.17, 15) is 9.59 Å². The van der Waals surface area contributed by atoms with E-state index in [1.165, 1.54) is 0 Å². The number of amides is 1. The van der Waals surface area contributed by atoms with Crippen LogP contribution in [0.15, 0.2) is 22.8 Å². The minimum Gasteiger partial charge on any atom is -0.467 e. The van der Waals surface area contributed by atoms with E-state index in [0.717, 1.165) is 25.1 Å². The number of hydrogen-bond donors (Lipinski definition) is 0. The summed E-state index contributed by atoms with van der Waals surface area (Å²) in [6, 6.07) is 3.73. The minimum absolute atomic E-state index is 0.00568. The number of nitrogens with zero attached hydrogens (tertiary/aromatic N) is 1. The van der Waals surface area contributed by atoms with E-state index >= 15 is 0 Å². The Balaban J connectivity index is 1.87. The molecule has 1 aromatic rings. The first-order chi connectivity index (χ1) is 9.87. The highest BCUT2D eigenvalue weighted by molar-refractivity contribution is 5.82. The molecule has 1 saturated heterocycles. The zero-order valence-corrected chi connectivity index (χ0v) is 12.9. The smallest absolute Gasteiger partial charge is 0.306 e. The van der Waals surface area contributed by atoms with Crippen LogP contribution in [0.1, 0.15) is 58.3 Å². The normalized spacial score (nSPS) is 18.8. The molecule has 0 N–H and O–H groups in total. The van der Waals surface area contributed by atoms with Crippen LogP contribution in [0, 0.1) is 0 Å². The quantitative estimate of drug-likeness (QED) is 0.800. The second-order valence-corrected chi connectivity index (χ2v) is 6.35. The Morgan fingerprint density at radius 3 is 2.76 bits per heavy atom. The highest BCUT2D eigenvalue weighted by Crippen LogP contribution is 2.32. The summed E-state index contributed by atoms with van der Waals surface area (Å²) >= 11 is 0. The predicted molar refractivity (Wildman–Crippen MR) is 77.5 cm³/mol. The molecule has 0 aromatic carbocycles. The van der Waals surface area contributed by atoms with Gasteiger partial charge in [0.25, 0.3) is 0 Å². The van der Waals surface area contributed by atoms with Gasteiger partial charge in [-0.25, -0.2) is 0 Å². The van der Waals surface area contributed by atoms with Crippen molar-refractivity contribution in [1.82, 2.24) is 4.90 Å². The first kappa shape index (κ1) is 15.6. The van der Waals surface area contributed by atoms with Crippen LogP contribution < -0.4 is 0 Å². The molecule has 1 atom stereocenters. The predicted octanol–water partition coefficient (Wildman–Crippen LogP) is 3.07. The summed E-state index contributed by atoms with van der Waals surface area (Å²) < 4.78 is 10.6. The van der Waals surface area contributed by atoms with Gasteiger partial charge in [0.15, 0.2) is 0 Å². The van der Waals surface area contributed by atoms with Crippen molar-refractivity contribution in [3.05, 3.63) is 24.2 Å². The second kappa shape index (κ2) is 6.33. The van der Waals surface area contributed by atoms with Gasteiger partial charge in [-0.2, -0.15) is 0 Å². The number of ether oxygens (including phenoxy) is 1. The van der Waals surface area contributed by atoms with Crippen molar-refractivity contribution in [3.63, 3.8) is 0 Å². The minimum atomic E-state index is -0.509. The lowest BCUT2D eigenvalue weighted by molar-refractivity contribution is -0.156. The number of carbonyl (C=O) groups excluding carboxylic acids is 2. The van der Waals surface area contributed by atoms with Gasteiger partial charge in [0.1, 0.15) is 11.4 Å². The Bertz CT molecular complexity index is 487. The van der Waals surface area contributed by atoms with Crippen molar-refractivity contribution in [2.45, 2.75) is 58.1 Å². The maximum Gasteiger partial charge on any atom is 0.306 e. The number of rotatable bonds is 4. The van der Waals surface area contributed by atoms with Crippen LogP contribution in [-0.2, 0) is 14.3 Å². The molecular weight excluding hydrogens is 270 g/mol. The van der Waals surface area contributed by atoms with Crippen molar-refractivity contribution in [1.29, 1.82) is 0 Å². The van der Waals surface area contributed by atoms with Crippen LogP contribution in [0.2, 0.25) is 0 Å². The largest absolute Gasteiger partial charge is 0.467 e. The van der Waals surface area contributed by atoms with Crippen LogP contribution >= 0.6 is 0 Å². The van der Waals surface area contributed by atoms with Crippen LogP contribution in [-0.4, -0.2) is 28.9 Å². The third-order valence-corrected chi connectivity index (χ3v) is 3.41. The molecule has 0 aliphatic carbocycles. The molecule has 1 aromatic heterocycles. The third kappa shape index (κ3) is 4.34. The summed E-state index contributed by atoms with van der Waals surface area (Å²) in [7, 11) is 0. The van der Waals surface area contributed by atoms with E-state index in [1.54, 1.807) is 6.26 Å².